The van der Waals surface area contributed by atoms with Crippen LogP contribution in [0.15, 0.2) is 54.6 Å². The van der Waals surface area contributed by atoms with E-state index >= 15 is 0 Å². The standard InChI is InChI=1S/C26H35N3O5S/c1-6-19(3)27-26(32)24(7-2)28(17-21-12-9-8-10-13-21)25(31)18-29(35(5,33)34)23-15-11-14-22(16-23)20(4)30/h8-16,19,24H,6-7,17-18H2,1-5H3,(H,27,32). The van der Waals surface area contributed by atoms with Crippen LogP contribution in [0.1, 0.15) is 56.5 Å². The molecule has 2 amide bonds. The highest BCUT2D eigenvalue weighted by Gasteiger charge is 2.32. The second-order valence-electron chi connectivity index (χ2n) is 8.63. The molecule has 2 atom stereocenters. The van der Waals surface area contributed by atoms with E-state index in [1.165, 1.54) is 24.0 Å². The highest BCUT2D eigenvalue weighted by Crippen LogP contribution is 2.21. The minimum Gasteiger partial charge on any atom is -0.352 e. The zero-order chi connectivity index (χ0) is 26.2. The molecular formula is C26H35N3O5S. The average Bonchev–Trinajstić information content (AvgIpc) is 2.82. The van der Waals surface area contributed by atoms with Gasteiger partial charge in [-0.1, -0.05) is 56.3 Å². The maximum Gasteiger partial charge on any atom is 0.244 e. The SMILES string of the molecule is CCC(C)NC(=O)C(CC)N(Cc1ccccc1)C(=O)CN(c1cccc(C(C)=O)c1)S(C)(=O)=O. The Hall–Kier alpha value is -3.20. The maximum absolute atomic E-state index is 13.6. The van der Waals surface area contributed by atoms with Crippen molar-refractivity contribution >= 4 is 33.3 Å². The molecule has 2 unspecified atom stereocenters. The topological polar surface area (TPSA) is 104 Å². The molecule has 0 aromatic heterocycles. The van der Waals surface area contributed by atoms with Gasteiger partial charge in [-0.05, 0) is 44.4 Å². The normalized spacial score (nSPS) is 12.9. The minimum atomic E-state index is -3.86. The molecule has 0 radical (unpaired) electrons. The molecule has 35 heavy (non-hydrogen) atoms. The highest BCUT2D eigenvalue weighted by atomic mass is 32.2. The number of nitrogens with one attached hydrogen (secondary N) is 1. The van der Waals surface area contributed by atoms with Crippen molar-refractivity contribution in [2.45, 2.75) is 59.2 Å². The van der Waals surface area contributed by atoms with E-state index in [9.17, 15) is 22.8 Å². The second kappa shape index (κ2) is 12.5. The lowest BCUT2D eigenvalue weighted by atomic mass is 10.1. The summed E-state index contributed by atoms with van der Waals surface area (Å²) in [4.78, 5) is 40.0. The summed E-state index contributed by atoms with van der Waals surface area (Å²) in [7, 11) is -3.86. The van der Waals surface area contributed by atoms with Crippen molar-refractivity contribution in [2.75, 3.05) is 17.1 Å². The fourth-order valence-electron chi connectivity index (χ4n) is 3.63. The van der Waals surface area contributed by atoms with Gasteiger partial charge in [-0.15, -0.1) is 0 Å². The van der Waals surface area contributed by atoms with Crippen LogP contribution in [-0.4, -0.2) is 55.8 Å². The molecule has 190 valence electrons. The van der Waals surface area contributed by atoms with Crippen LogP contribution < -0.4 is 9.62 Å². The van der Waals surface area contributed by atoms with Gasteiger partial charge >= 0.3 is 0 Å². The number of carbonyl (C=O) groups is 3. The van der Waals surface area contributed by atoms with Crippen LogP contribution in [0.5, 0.6) is 0 Å². The molecule has 8 nitrogen and oxygen atoms in total. The van der Waals surface area contributed by atoms with Crippen LogP contribution in [0.3, 0.4) is 0 Å². The van der Waals surface area contributed by atoms with E-state index in [0.717, 1.165) is 22.5 Å². The fourth-order valence-corrected chi connectivity index (χ4v) is 4.48. The van der Waals surface area contributed by atoms with Crippen LogP contribution in [-0.2, 0) is 26.2 Å². The average molecular weight is 502 g/mol. The Kier molecular flexibility index (Phi) is 10.0. The van der Waals surface area contributed by atoms with Gasteiger partial charge < -0.3 is 10.2 Å². The van der Waals surface area contributed by atoms with Gasteiger partial charge in [-0.2, -0.15) is 0 Å². The van der Waals surface area contributed by atoms with Crippen LogP contribution in [0.2, 0.25) is 0 Å². The van der Waals surface area contributed by atoms with Gasteiger partial charge in [0.1, 0.15) is 12.6 Å². The number of hydrogen-bond donors (Lipinski definition) is 1. The molecule has 0 aliphatic carbocycles. The lowest BCUT2D eigenvalue weighted by Gasteiger charge is -2.33. The predicted molar refractivity (Wildman–Crippen MR) is 138 cm³/mol. The first-order chi connectivity index (χ1) is 16.5. The molecule has 0 fully saturated rings. The Morgan fingerprint density at radius 3 is 2.17 bits per heavy atom. The number of hydrogen-bond acceptors (Lipinski definition) is 5. The number of benzene rings is 2. The summed E-state index contributed by atoms with van der Waals surface area (Å²) >= 11 is 0. The quantitative estimate of drug-likeness (QED) is 0.449. The summed E-state index contributed by atoms with van der Waals surface area (Å²) < 4.78 is 26.3. The molecule has 1 N–H and O–H groups in total. The van der Waals surface area contributed by atoms with Crippen LogP contribution in [0.4, 0.5) is 5.69 Å². The summed E-state index contributed by atoms with van der Waals surface area (Å²) in [6.07, 6.45) is 2.11. The summed E-state index contributed by atoms with van der Waals surface area (Å²) in [6, 6.07) is 14.6. The Morgan fingerprint density at radius 1 is 0.971 bits per heavy atom. The number of amides is 2. The summed E-state index contributed by atoms with van der Waals surface area (Å²) in [5, 5.41) is 2.93. The molecule has 0 saturated carbocycles. The zero-order valence-corrected chi connectivity index (χ0v) is 21.8. The smallest absolute Gasteiger partial charge is 0.244 e. The Bertz CT molecular complexity index is 1130. The first-order valence-electron chi connectivity index (χ1n) is 11.7. The van der Waals surface area contributed by atoms with Gasteiger partial charge in [0.05, 0.1) is 11.9 Å². The third-order valence-electron chi connectivity index (χ3n) is 5.80. The Labute approximate surface area is 208 Å². The van der Waals surface area contributed by atoms with E-state index in [1.54, 1.807) is 12.1 Å². The third-order valence-corrected chi connectivity index (χ3v) is 6.94. The molecule has 0 saturated heterocycles. The molecule has 2 rings (SSSR count). The largest absolute Gasteiger partial charge is 0.352 e. The molecule has 0 heterocycles. The molecule has 2 aromatic rings. The summed E-state index contributed by atoms with van der Waals surface area (Å²) in [5.74, 6) is -1.01. The number of nitrogens with zero attached hydrogens (tertiary/aromatic N) is 2. The molecule has 0 aliphatic heterocycles. The fraction of sp³-hybridized carbons (Fsp3) is 0.423. The maximum atomic E-state index is 13.6. The molecular weight excluding hydrogens is 466 g/mol. The molecule has 2 aromatic carbocycles. The lowest BCUT2D eigenvalue weighted by molar-refractivity contribution is -0.140. The monoisotopic (exact) mass is 501 g/mol. The minimum absolute atomic E-state index is 0.0629. The molecule has 0 spiro atoms. The van der Waals surface area contributed by atoms with Crippen molar-refractivity contribution < 1.29 is 22.8 Å². The first kappa shape index (κ1) is 28.0. The van der Waals surface area contributed by atoms with Gasteiger partial charge in [0.25, 0.3) is 0 Å². The van der Waals surface area contributed by atoms with Gasteiger partial charge in [0, 0.05) is 18.2 Å². The van der Waals surface area contributed by atoms with Crippen LogP contribution in [0, 0.1) is 0 Å². The predicted octanol–water partition coefficient (Wildman–Crippen LogP) is 3.38. The number of rotatable bonds is 12. The molecule has 0 aliphatic rings. The number of Topliss-reactive ketones (excluding diaryl/α,β-unsaturated/α-hetero) is 1. The summed E-state index contributed by atoms with van der Waals surface area (Å²) in [6.45, 7) is 6.70. The van der Waals surface area contributed by atoms with Crippen LogP contribution >= 0.6 is 0 Å². The number of sulfonamides is 1. The third kappa shape index (κ3) is 7.92. The van der Waals surface area contributed by atoms with Crippen molar-refractivity contribution in [1.82, 2.24) is 10.2 Å². The Morgan fingerprint density at radius 2 is 1.63 bits per heavy atom. The first-order valence-corrected chi connectivity index (χ1v) is 13.5. The summed E-state index contributed by atoms with van der Waals surface area (Å²) in [5.41, 5.74) is 1.37. The van der Waals surface area contributed by atoms with Gasteiger partial charge in [-0.3, -0.25) is 18.7 Å². The van der Waals surface area contributed by atoms with E-state index in [1.807, 2.05) is 51.1 Å². The Balaban J connectivity index is 2.45. The zero-order valence-electron chi connectivity index (χ0n) is 21.0. The van der Waals surface area contributed by atoms with Crippen molar-refractivity contribution in [3.63, 3.8) is 0 Å². The van der Waals surface area contributed by atoms with Crippen molar-refractivity contribution in [2.24, 2.45) is 0 Å². The number of ketones is 1. The highest BCUT2D eigenvalue weighted by molar-refractivity contribution is 7.92. The van der Waals surface area contributed by atoms with E-state index in [0.29, 0.717) is 12.0 Å². The molecule has 9 heteroatoms. The van der Waals surface area contributed by atoms with E-state index in [-0.39, 0.29) is 30.0 Å². The van der Waals surface area contributed by atoms with Gasteiger partial charge in [-0.25, -0.2) is 8.42 Å². The number of anilines is 1. The van der Waals surface area contributed by atoms with E-state index < -0.39 is 28.5 Å². The van der Waals surface area contributed by atoms with Gasteiger partial charge in [0.2, 0.25) is 21.8 Å². The van der Waals surface area contributed by atoms with Gasteiger partial charge in [0.15, 0.2) is 5.78 Å². The number of carbonyl (C=O) groups excluding carboxylic acids is 3. The van der Waals surface area contributed by atoms with Crippen molar-refractivity contribution in [3.8, 4) is 0 Å². The molecule has 0 bridgehead atoms. The lowest BCUT2D eigenvalue weighted by Crippen LogP contribution is -2.53. The van der Waals surface area contributed by atoms with Crippen molar-refractivity contribution in [3.05, 3.63) is 65.7 Å². The van der Waals surface area contributed by atoms with E-state index in [4.69, 9.17) is 0 Å². The second-order valence-corrected chi connectivity index (χ2v) is 10.5. The van der Waals surface area contributed by atoms with Crippen LogP contribution in [0.25, 0.3) is 0 Å². The van der Waals surface area contributed by atoms with E-state index in [2.05, 4.69) is 5.32 Å². The van der Waals surface area contributed by atoms with Crippen molar-refractivity contribution in [1.29, 1.82) is 0 Å².